The van der Waals surface area contributed by atoms with E-state index in [1.54, 1.807) is 0 Å². The normalized spacial score (nSPS) is 25.6. The fraction of sp³-hybridized carbons (Fsp3) is 0.526. The van der Waals surface area contributed by atoms with Gasteiger partial charge in [-0.1, -0.05) is 31.5 Å². The van der Waals surface area contributed by atoms with Crippen LogP contribution in [0.4, 0.5) is 0 Å². The molecule has 1 aliphatic heterocycles. The summed E-state index contributed by atoms with van der Waals surface area (Å²) in [6.07, 6.45) is 2.63. The van der Waals surface area contributed by atoms with Crippen LogP contribution in [0.5, 0.6) is 0 Å². The molecule has 1 aromatic carbocycles. The topological polar surface area (TPSA) is 45.3 Å². The maximum atomic E-state index is 11.8. The number of fused-ring (bicyclic) bond motifs is 1. The summed E-state index contributed by atoms with van der Waals surface area (Å²) in [6, 6.07) is 11.0. The van der Waals surface area contributed by atoms with E-state index in [1.807, 2.05) is 0 Å². The summed E-state index contributed by atoms with van der Waals surface area (Å²) in [5, 5.41) is 1.25. The molecule has 1 N–H and O–H groups in total. The molecule has 4 heteroatoms. The fourth-order valence-electron chi connectivity index (χ4n) is 3.95. The van der Waals surface area contributed by atoms with Crippen LogP contribution < -0.4 is 0 Å². The van der Waals surface area contributed by atoms with E-state index < -0.39 is 0 Å². The van der Waals surface area contributed by atoms with Gasteiger partial charge in [0.25, 0.3) is 0 Å². The number of methoxy groups -OCH3 is 1. The van der Waals surface area contributed by atoms with Crippen molar-refractivity contribution >= 4 is 16.9 Å². The lowest BCUT2D eigenvalue weighted by atomic mass is 9.78. The van der Waals surface area contributed by atoms with Crippen molar-refractivity contribution in [2.24, 2.45) is 11.8 Å². The first-order valence-electron chi connectivity index (χ1n) is 8.47. The summed E-state index contributed by atoms with van der Waals surface area (Å²) >= 11 is 0. The molecule has 1 fully saturated rings. The second kappa shape index (κ2) is 6.75. The van der Waals surface area contributed by atoms with Crippen molar-refractivity contribution in [1.29, 1.82) is 0 Å². The first-order chi connectivity index (χ1) is 11.1. The van der Waals surface area contributed by atoms with Gasteiger partial charge < -0.3 is 9.72 Å². The molecular formula is C19H26N2O2. The van der Waals surface area contributed by atoms with Gasteiger partial charge in [-0.25, -0.2) is 0 Å². The molecule has 4 nitrogen and oxygen atoms in total. The van der Waals surface area contributed by atoms with E-state index in [2.05, 4.69) is 54.2 Å². The van der Waals surface area contributed by atoms with Crippen molar-refractivity contribution < 1.29 is 9.53 Å². The van der Waals surface area contributed by atoms with Gasteiger partial charge in [-0.2, -0.15) is 0 Å². The van der Waals surface area contributed by atoms with Crippen LogP contribution >= 0.6 is 0 Å². The number of esters is 1. The molecule has 0 bridgehead atoms. The number of hydrogen-bond donors (Lipinski definition) is 1. The lowest BCUT2D eigenvalue weighted by Gasteiger charge is -2.41. The molecule has 0 unspecified atom stereocenters. The van der Waals surface area contributed by atoms with Gasteiger partial charge >= 0.3 is 5.97 Å². The van der Waals surface area contributed by atoms with Crippen molar-refractivity contribution in [3.63, 3.8) is 0 Å². The van der Waals surface area contributed by atoms with Crippen LogP contribution in [0.25, 0.3) is 10.9 Å². The van der Waals surface area contributed by atoms with Gasteiger partial charge in [0.05, 0.1) is 7.11 Å². The number of carbonyl (C=O) groups excluding carboxylic acids is 1. The smallest absolute Gasteiger partial charge is 0.305 e. The van der Waals surface area contributed by atoms with Gasteiger partial charge in [0.1, 0.15) is 0 Å². The minimum Gasteiger partial charge on any atom is -0.469 e. The van der Waals surface area contributed by atoms with E-state index in [0.717, 1.165) is 19.4 Å². The quantitative estimate of drug-likeness (QED) is 0.874. The molecule has 3 atom stereocenters. The maximum Gasteiger partial charge on any atom is 0.305 e. The number of benzene rings is 1. The molecule has 0 radical (unpaired) electrons. The molecule has 2 aromatic rings. The number of hydrogen-bond acceptors (Lipinski definition) is 3. The zero-order valence-corrected chi connectivity index (χ0v) is 14.2. The van der Waals surface area contributed by atoms with E-state index in [-0.39, 0.29) is 5.97 Å². The van der Waals surface area contributed by atoms with Crippen LogP contribution in [0, 0.1) is 11.8 Å². The van der Waals surface area contributed by atoms with Gasteiger partial charge in [0.15, 0.2) is 0 Å². The van der Waals surface area contributed by atoms with Crippen LogP contribution in [0.1, 0.15) is 37.9 Å². The average Bonchev–Trinajstić information content (AvgIpc) is 2.99. The molecule has 1 aliphatic rings. The summed E-state index contributed by atoms with van der Waals surface area (Å²) in [7, 11) is 3.67. The van der Waals surface area contributed by atoms with Crippen molar-refractivity contribution in [2.75, 3.05) is 20.7 Å². The van der Waals surface area contributed by atoms with Gasteiger partial charge in [0.2, 0.25) is 0 Å². The van der Waals surface area contributed by atoms with Crippen LogP contribution in [-0.4, -0.2) is 36.6 Å². The second-order valence-electron chi connectivity index (χ2n) is 6.71. The van der Waals surface area contributed by atoms with Crippen molar-refractivity contribution in [2.45, 2.75) is 32.2 Å². The molecule has 124 valence electrons. The summed E-state index contributed by atoms with van der Waals surface area (Å²) in [5.41, 5.74) is 2.43. The third-order valence-electron chi connectivity index (χ3n) is 5.34. The van der Waals surface area contributed by atoms with E-state index in [0.29, 0.717) is 24.3 Å². The van der Waals surface area contributed by atoms with Crippen LogP contribution in [0.3, 0.4) is 0 Å². The Kier molecular flexibility index (Phi) is 4.71. The predicted molar refractivity (Wildman–Crippen MR) is 92.2 cm³/mol. The molecule has 0 amide bonds. The number of piperidine rings is 1. The van der Waals surface area contributed by atoms with Gasteiger partial charge in [-0.15, -0.1) is 0 Å². The molecule has 23 heavy (non-hydrogen) atoms. The van der Waals surface area contributed by atoms with Crippen molar-refractivity contribution in [3.8, 4) is 0 Å². The van der Waals surface area contributed by atoms with Crippen molar-refractivity contribution in [1.82, 2.24) is 9.88 Å². The van der Waals surface area contributed by atoms with Crippen LogP contribution in [-0.2, 0) is 9.53 Å². The number of carbonyl (C=O) groups is 1. The minimum absolute atomic E-state index is 0.0894. The maximum absolute atomic E-state index is 11.8. The van der Waals surface area contributed by atoms with Gasteiger partial charge in [0, 0.05) is 30.2 Å². The predicted octanol–water partition coefficient (Wildman–Crippen LogP) is 3.75. The Bertz CT molecular complexity index is 646. The molecule has 0 saturated carbocycles. The summed E-state index contributed by atoms with van der Waals surface area (Å²) < 4.78 is 4.90. The number of para-hydroxylation sites is 1. The van der Waals surface area contributed by atoms with E-state index in [4.69, 9.17) is 4.74 Å². The summed E-state index contributed by atoms with van der Waals surface area (Å²) in [6.45, 7) is 3.24. The first-order valence-corrected chi connectivity index (χ1v) is 8.47. The number of aromatic nitrogens is 1. The highest BCUT2D eigenvalue weighted by molar-refractivity contribution is 5.80. The van der Waals surface area contributed by atoms with Crippen LogP contribution in [0.2, 0.25) is 0 Å². The first kappa shape index (κ1) is 16.1. The van der Waals surface area contributed by atoms with E-state index >= 15 is 0 Å². The Balaban J connectivity index is 1.84. The third-order valence-corrected chi connectivity index (χ3v) is 5.34. The monoisotopic (exact) mass is 314 g/mol. The Morgan fingerprint density at radius 1 is 1.35 bits per heavy atom. The number of rotatable bonds is 4. The van der Waals surface area contributed by atoms with Crippen LogP contribution in [0.15, 0.2) is 30.3 Å². The van der Waals surface area contributed by atoms with Gasteiger partial charge in [-0.05, 0) is 42.8 Å². The molecule has 1 saturated heterocycles. The molecule has 0 aliphatic carbocycles. The molecule has 0 spiro atoms. The average molecular weight is 314 g/mol. The largest absolute Gasteiger partial charge is 0.469 e. The summed E-state index contributed by atoms with van der Waals surface area (Å²) in [5.74, 6) is 0.855. The van der Waals surface area contributed by atoms with Gasteiger partial charge in [-0.3, -0.25) is 9.69 Å². The molecule has 3 rings (SSSR count). The number of nitrogens with one attached hydrogen (secondary N) is 1. The molecule has 1 aromatic heterocycles. The Hall–Kier alpha value is -1.81. The zero-order valence-electron chi connectivity index (χ0n) is 14.2. The lowest BCUT2D eigenvalue weighted by Crippen LogP contribution is -2.41. The second-order valence-corrected chi connectivity index (χ2v) is 6.71. The highest BCUT2D eigenvalue weighted by Gasteiger charge is 2.35. The minimum atomic E-state index is -0.0894. The standard InChI is InChI=1S/C19H26N2O2/c1-4-13-12-21(2)18(10-15(13)11-19(22)23-3)17-9-14-7-5-6-8-16(14)20-17/h5-9,13,15,18,20H,4,10-12H2,1-3H3/t13-,15+,18+/m1/s1. The lowest BCUT2D eigenvalue weighted by molar-refractivity contribution is -0.143. The summed E-state index contributed by atoms with van der Waals surface area (Å²) in [4.78, 5) is 17.7. The Labute approximate surface area is 137 Å². The number of ether oxygens (including phenoxy) is 1. The highest BCUT2D eigenvalue weighted by atomic mass is 16.5. The fourth-order valence-corrected chi connectivity index (χ4v) is 3.95. The van der Waals surface area contributed by atoms with E-state index in [9.17, 15) is 4.79 Å². The molecule has 2 heterocycles. The number of H-pyrrole nitrogens is 1. The number of nitrogens with zero attached hydrogens (tertiary/aromatic N) is 1. The Morgan fingerprint density at radius 3 is 2.83 bits per heavy atom. The van der Waals surface area contributed by atoms with E-state index in [1.165, 1.54) is 23.7 Å². The number of likely N-dealkylation sites (tertiary alicyclic amines) is 1. The SMILES string of the molecule is CC[C@@H]1CN(C)[C@H](c2cc3ccccc3[nH]2)C[C@H]1CC(=O)OC. The number of aromatic amines is 1. The Morgan fingerprint density at radius 2 is 2.13 bits per heavy atom. The van der Waals surface area contributed by atoms with Crippen molar-refractivity contribution in [3.05, 3.63) is 36.0 Å². The highest BCUT2D eigenvalue weighted by Crippen LogP contribution is 2.39. The molecular weight excluding hydrogens is 288 g/mol. The third kappa shape index (κ3) is 3.27. The zero-order chi connectivity index (χ0) is 16.4.